The van der Waals surface area contributed by atoms with Gasteiger partial charge in [-0.15, -0.1) is 0 Å². The van der Waals surface area contributed by atoms with E-state index in [9.17, 15) is 26.3 Å². The zero-order valence-corrected chi connectivity index (χ0v) is 11.1. The Bertz CT molecular complexity index is 453. The van der Waals surface area contributed by atoms with Gasteiger partial charge in [0.25, 0.3) is 0 Å². The summed E-state index contributed by atoms with van der Waals surface area (Å²) < 4.78 is 76.2. The number of benzene rings is 1. The molecule has 1 aliphatic rings. The molecule has 1 aliphatic heterocycles. The van der Waals surface area contributed by atoms with Crippen molar-refractivity contribution in [2.24, 2.45) is 0 Å². The van der Waals surface area contributed by atoms with Crippen LogP contribution in [0.5, 0.6) is 0 Å². The van der Waals surface area contributed by atoms with E-state index < -0.39 is 23.5 Å². The van der Waals surface area contributed by atoms with Crippen molar-refractivity contribution in [3.05, 3.63) is 34.9 Å². The third kappa shape index (κ3) is 4.36. The normalized spacial score (nSPS) is 20.0. The number of hydrogen-bond acceptors (Lipinski definition) is 1. The highest BCUT2D eigenvalue weighted by Crippen LogP contribution is 2.36. The standard InChI is InChI=1S/C14H15F6N/c15-13(16,17)10-6-9(3-4-12-2-1-5-21-12)7-11(8-10)14(18,19)20/h6-8,12,21H,1-5H2. The van der Waals surface area contributed by atoms with Crippen molar-refractivity contribution in [3.8, 4) is 0 Å². The highest BCUT2D eigenvalue weighted by Gasteiger charge is 2.36. The first-order valence-electron chi connectivity index (χ1n) is 6.68. The maximum atomic E-state index is 12.7. The average molecular weight is 311 g/mol. The van der Waals surface area contributed by atoms with Gasteiger partial charge in [-0.05, 0) is 56.0 Å². The lowest BCUT2D eigenvalue weighted by Crippen LogP contribution is -2.22. The molecular weight excluding hydrogens is 296 g/mol. The highest BCUT2D eigenvalue weighted by molar-refractivity contribution is 5.33. The van der Waals surface area contributed by atoms with Crippen LogP contribution in [0.4, 0.5) is 26.3 Å². The van der Waals surface area contributed by atoms with E-state index in [1.165, 1.54) is 0 Å². The van der Waals surface area contributed by atoms with Gasteiger partial charge in [-0.3, -0.25) is 0 Å². The number of nitrogens with one attached hydrogen (secondary N) is 1. The van der Waals surface area contributed by atoms with Crippen LogP contribution in [0.25, 0.3) is 0 Å². The number of hydrogen-bond donors (Lipinski definition) is 1. The summed E-state index contributed by atoms with van der Waals surface area (Å²) in [6.45, 7) is 0.848. The zero-order valence-electron chi connectivity index (χ0n) is 11.1. The predicted octanol–water partition coefficient (Wildman–Crippen LogP) is 4.41. The van der Waals surface area contributed by atoms with Gasteiger partial charge < -0.3 is 5.32 Å². The second-order valence-corrected chi connectivity index (χ2v) is 5.25. The molecule has 1 unspecified atom stereocenters. The van der Waals surface area contributed by atoms with E-state index in [4.69, 9.17) is 0 Å². The van der Waals surface area contributed by atoms with Gasteiger partial charge in [0.1, 0.15) is 0 Å². The maximum Gasteiger partial charge on any atom is 0.416 e. The van der Waals surface area contributed by atoms with Crippen LogP contribution in [0.1, 0.15) is 36.0 Å². The fourth-order valence-corrected chi connectivity index (χ4v) is 2.51. The summed E-state index contributed by atoms with van der Waals surface area (Å²) in [5, 5.41) is 3.17. The molecule has 21 heavy (non-hydrogen) atoms. The second-order valence-electron chi connectivity index (χ2n) is 5.25. The minimum atomic E-state index is -4.78. The molecule has 0 aromatic heterocycles. The van der Waals surface area contributed by atoms with Crippen LogP contribution >= 0.6 is 0 Å². The number of aryl methyl sites for hydroxylation is 1. The van der Waals surface area contributed by atoms with Gasteiger partial charge in [0, 0.05) is 6.04 Å². The summed E-state index contributed by atoms with van der Waals surface area (Å²) in [6.07, 6.45) is -6.92. The molecule has 0 spiro atoms. The van der Waals surface area contributed by atoms with E-state index in [2.05, 4.69) is 5.32 Å². The Morgan fingerprint density at radius 1 is 0.952 bits per heavy atom. The molecule has 7 heteroatoms. The van der Waals surface area contributed by atoms with Gasteiger partial charge >= 0.3 is 12.4 Å². The van der Waals surface area contributed by atoms with Gasteiger partial charge in [-0.25, -0.2) is 0 Å². The van der Waals surface area contributed by atoms with Crippen molar-refractivity contribution >= 4 is 0 Å². The van der Waals surface area contributed by atoms with Crippen LogP contribution in [0.3, 0.4) is 0 Å². The molecule has 118 valence electrons. The SMILES string of the molecule is FC(F)(F)c1cc(CCC2CCCN2)cc(C(F)(F)F)c1. The van der Waals surface area contributed by atoms with Crippen LogP contribution < -0.4 is 5.32 Å². The molecule has 0 bridgehead atoms. The summed E-state index contributed by atoms with van der Waals surface area (Å²) in [6, 6.07) is 1.96. The van der Waals surface area contributed by atoms with Crippen LogP contribution in [0, 0.1) is 0 Å². The molecule has 0 aliphatic carbocycles. The van der Waals surface area contributed by atoms with Crippen molar-refractivity contribution < 1.29 is 26.3 Å². The summed E-state index contributed by atoms with van der Waals surface area (Å²) in [5.41, 5.74) is -2.41. The quantitative estimate of drug-likeness (QED) is 0.815. The summed E-state index contributed by atoms with van der Waals surface area (Å²) in [5.74, 6) is 0. The molecule has 2 rings (SSSR count). The Balaban J connectivity index is 2.22. The molecule has 0 amide bonds. The van der Waals surface area contributed by atoms with Gasteiger partial charge in [0.2, 0.25) is 0 Å². The van der Waals surface area contributed by atoms with E-state index in [1.807, 2.05) is 0 Å². The molecule has 1 aromatic carbocycles. The van der Waals surface area contributed by atoms with Crippen LogP contribution in [-0.2, 0) is 18.8 Å². The monoisotopic (exact) mass is 311 g/mol. The first kappa shape index (κ1) is 16.1. The largest absolute Gasteiger partial charge is 0.416 e. The van der Waals surface area contributed by atoms with Crippen molar-refractivity contribution in [2.45, 2.75) is 44.1 Å². The Kier molecular flexibility index (Phi) is 4.51. The smallest absolute Gasteiger partial charge is 0.314 e. The van der Waals surface area contributed by atoms with Gasteiger partial charge in [0.15, 0.2) is 0 Å². The van der Waals surface area contributed by atoms with Gasteiger partial charge in [0.05, 0.1) is 11.1 Å². The van der Waals surface area contributed by atoms with Gasteiger partial charge in [-0.1, -0.05) is 0 Å². The van der Waals surface area contributed by atoms with Crippen molar-refractivity contribution in [1.29, 1.82) is 0 Å². The van der Waals surface area contributed by atoms with Crippen LogP contribution in [0.2, 0.25) is 0 Å². The third-order valence-corrected chi connectivity index (χ3v) is 3.59. The molecule has 0 radical (unpaired) electrons. The molecule has 1 aromatic rings. The molecule has 1 saturated heterocycles. The molecule has 1 fully saturated rings. The molecule has 0 saturated carbocycles. The average Bonchev–Trinajstić information content (AvgIpc) is 2.87. The fourth-order valence-electron chi connectivity index (χ4n) is 2.51. The van der Waals surface area contributed by atoms with Crippen molar-refractivity contribution in [2.75, 3.05) is 6.54 Å². The minimum Gasteiger partial charge on any atom is -0.314 e. The number of halogens is 6. The molecule has 1 nitrogen and oxygen atoms in total. The Hall–Kier alpha value is -1.24. The zero-order chi connectivity index (χ0) is 15.7. The van der Waals surface area contributed by atoms with Gasteiger partial charge in [-0.2, -0.15) is 26.3 Å². The summed E-state index contributed by atoms with van der Waals surface area (Å²) in [7, 11) is 0. The first-order valence-corrected chi connectivity index (χ1v) is 6.68. The Morgan fingerprint density at radius 2 is 1.52 bits per heavy atom. The highest BCUT2D eigenvalue weighted by atomic mass is 19.4. The topological polar surface area (TPSA) is 12.0 Å². The van der Waals surface area contributed by atoms with E-state index >= 15 is 0 Å². The van der Waals surface area contributed by atoms with E-state index in [0.29, 0.717) is 6.42 Å². The first-order chi connectivity index (χ1) is 9.66. The maximum absolute atomic E-state index is 12.7. The van der Waals surface area contributed by atoms with Crippen molar-refractivity contribution in [3.63, 3.8) is 0 Å². The Labute approximate surface area is 118 Å². The molecular formula is C14H15F6N. The molecule has 1 N–H and O–H groups in total. The number of rotatable bonds is 3. The molecule has 1 atom stereocenters. The number of alkyl halides is 6. The Morgan fingerprint density at radius 3 is 1.95 bits per heavy atom. The third-order valence-electron chi connectivity index (χ3n) is 3.59. The lowest BCUT2D eigenvalue weighted by molar-refractivity contribution is -0.143. The summed E-state index contributed by atoms with van der Waals surface area (Å²) in [4.78, 5) is 0. The lowest BCUT2D eigenvalue weighted by atomic mass is 9.99. The second kappa shape index (κ2) is 5.87. The fraction of sp³-hybridized carbons (Fsp3) is 0.571. The van der Waals surface area contributed by atoms with Crippen LogP contribution in [-0.4, -0.2) is 12.6 Å². The predicted molar refractivity (Wildman–Crippen MR) is 65.8 cm³/mol. The van der Waals surface area contributed by atoms with Crippen molar-refractivity contribution in [1.82, 2.24) is 5.32 Å². The van der Waals surface area contributed by atoms with E-state index in [1.54, 1.807) is 0 Å². The lowest BCUT2D eigenvalue weighted by Gasteiger charge is -2.15. The summed E-state index contributed by atoms with van der Waals surface area (Å²) >= 11 is 0. The minimum absolute atomic E-state index is 0.0749. The van der Waals surface area contributed by atoms with E-state index in [-0.39, 0.29) is 24.1 Å². The van der Waals surface area contributed by atoms with E-state index in [0.717, 1.165) is 31.5 Å². The van der Waals surface area contributed by atoms with Crippen LogP contribution in [0.15, 0.2) is 18.2 Å². The molecule has 1 heterocycles.